The number of thioether (sulfide) groups is 1. The molecule has 1 saturated heterocycles. The Kier molecular flexibility index (Phi) is 4.04. The maximum Gasteiger partial charge on any atom is 0.327 e. The third-order valence-electron chi connectivity index (χ3n) is 3.76. The fraction of sp³-hybridized carbons (Fsp3) is 0.833. The van der Waals surface area contributed by atoms with Crippen LogP contribution in [0.25, 0.3) is 0 Å². The minimum absolute atomic E-state index is 0.0649. The van der Waals surface area contributed by atoms with Crippen molar-refractivity contribution in [1.82, 2.24) is 10.2 Å². The molecule has 1 aliphatic heterocycles. The van der Waals surface area contributed by atoms with Crippen molar-refractivity contribution in [3.8, 4) is 0 Å². The van der Waals surface area contributed by atoms with Crippen LogP contribution in [0.3, 0.4) is 0 Å². The van der Waals surface area contributed by atoms with Crippen LogP contribution in [0.1, 0.15) is 33.1 Å². The van der Waals surface area contributed by atoms with Crippen LogP contribution in [0.5, 0.6) is 0 Å². The molecule has 1 saturated carbocycles. The Balaban J connectivity index is 1.96. The van der Waals surface area contributed by atoms with Crippen LogP contribution in [0.15, 0.2) is 0 Å². The van der Waals surface area contributed by atoms with Gasteiger partial charge in [-0.1, -0.05) is 6.92 Å². The van der Waals surface area contributed by atoms with Crippen molar-refractivity contribution in [2.75, 3.05) is 5.75 Å². The largest absolute Gasteiger partial charge is 0.480 e. The lowest BCUT2D eigenvalue weighted by atomic mass is 10.1. The second kappa shape index (κ2) is 5.38. The standard InChI is InChI=1S/C12H20N2O3S/c1-7-3-4-9(5-7)13-12(17)14-8(2)18-6-10(14)11(15)16/h7-10H,3-6H2,1-2H3,(H,13,17)(H,15,16). The van der Waals surface area contributed by atoms with E-state index in [-0.39, 0.29) is 17.4 Å². The Labute approximate surface area is 111 Å². The molecule has 2 aliphatic rings. The van der Waals surface area contributed by atoms with Crippen LogP contribution in [-0.2, 0) is 4.79 Å². The van der Waals surface area contributed by atoms with Gasteiger partial charge < -0.3 is 10.4 Å². The topological polar surface area (TPSA) is 69.6 Å². The number of urea groups is 1. The Bertz CT molecular complexity index is 350. The van der Waals surface area contributed by atoms with Gasteiger partial charge in [-0.3, -0.25) is 4.90 Å². The fourth-order valence-corrected chi connectivity index (χ4v) is 3.90. The van der Waals surface area contributed by atoms with Gasteiger partial charge in [-0.2, -0.15) is 0 Å². The summed E-state index contributed by atoms with van der Waals surface area (Å²) >= 11 is 1.51. The summed E-state index contributed by atoms with van der Waals surface area (Å²) in [4.78, 5) is 24.8. The molecule has 1 aliphatic carbocycles. The first-order valence-corrected chi connectivity index (χ1v) is 7.47. The smallest absolute Gasteiger partial charge is 0.327 e. The van der Waals surface area contributed by atoms with Crippen molar-refractivity contribution in [3.05, 3.63) is 0 Å². The monoisotopic (exact) mass is 272 g/mol. The third kappa shape index (κ3) is 2.74. The quantitative estimate of drug-likeness (QED) is 0.803. The lowest BCUT2D eigenvalue weighted by Gasteiger charge is -2.27. The molecule has 0 spiro atoms. The van der Waals surface area contributed by atoms with E-state index in [4.69, 9.17) is 5.11 Å². The second-order valence-electron chi connectivity index (χ2n) is 5.26. The fourth-order valence-electron chi connectivity index (χ4n) is 2.73. The summed E-state index contributed by atoms with van der Waals surface area (Å²) in [5.74, 6) is 0.211. The van der Waals surface area contributed by atoms with Gasteiger partial charge in [-0.05, 0) is 32.1 Å². The van der Waals surface area contributed by atoms with E-state index in [0.717, 1.165) is 19.3 Å². The minimum Gasteiger partial charge on any atom is -0.480 e. The summed E-state index contributed by atoms with van der Waals surface area (Å²) < 4.78 is 0. The summed E-state index contributed by atoms with van der Waals surface area (Å²) in [5.41, 5.74) is 0. The van der Waals surface area contributed by atoms with E-state index in [1.165, 1.54) is 16.7 Å². The summed E-state index contributed by atoms with van der Waals surface area (Å²) in [6.45, 7) is 4.06. The summed E-state index contributed by atoms with van der Waals surface area (Å²) in [6.07, 6.45) is 3.14. The number of nitrogens with zero attached hydrogens (tertiary/aromatic N) is 1. The average Bonchev–Trinajstić information content (AvgIpc) is 2.85. The molecule has 4 atom stereocenters. The number of carboxylic acids is 1. The van der Waals surface area contributed by atoms with Crippen LogP contribution in [0.4, 0.5) is 4.79 Å². The van der Waals surface area contributed by atoms with E-state index in [0.29, 0.717) is 11.7 Å². The molecule has 6 heteroatoms. The Morgan fingerprint density at radius 2 is 2.06 bits per heavy atom. The van der Waals surface area contributed by atoms with Crippen molar-refractivity contribution in [2.45, 2.75) is 50.6 Å². The zero-order chi connectivity index (χ0) is 13.3. The van der Waals surface area contributed by atoms with Crippen molar-refractivity contribution in [2.24, 2.45) is 5.92 Å². The number of rotatable bonds is 2. The van der Waals surface area contributed by atoms with Gasteiger partial charge in [0.25, 0.3) is 0 Å². The Morgan fingerprint density at radius 3 is 2.61 bits per heavy atom. The third-order valence-corrected chi connectivity index (χ3v) is 4.98. The van der Waals surface area contributed by atoms with Gasteiger partial charge in [-0.15, -0.1) is 11.8 Å². The molecule has 102 valence electrons. The molecule has 5 nitrogen and oxygen atoms in total. The Hall–Kier alpha value is -0.910. The molecular formula is C12H20N2O3S. The van der Waals surface area contributed by atoms with Gasteiger partial charge in [-0.25, -0.2) is 9.59 Å². The van der Waals surface area contributed by atoms with E-state index in [1.54, 1.807) is 0 Å². The highest BCUT2D eigenvalue weighted by atomic mass is 32.2. The van der Waals surface area contributed by atoms with E-state index in [2.05, 4.69) is 12.2 Å². The molecule has 0 radical (unpaired) electrons. The molecule has 2 fully saturated rings. The molecule has 4 unspecified atom stereocenters. The van der Waals surface area contributed by atoms with Crippen LogP contribution >= 0.6 is 11.8 Å². The molecule has 0 aromatic carbocycles. The summed E-state index contributed by atoms with van der Waals surface area (Å²) in [7, 11) is 0. The molecule has 0 bridgehead atoms. The highest BCUT2D eigenvalue weighted by molar-refractivity contribution is 8.00. The summed E-state index contributed by atoms with van der Waals surface area (Å²) in [5, 5.41) is 12.0. The van der Waals surface area contributed by atoms with Crippen LogP contribution < -0.4 is 5.32 Å². The van der Waals surface area contributed by atoms with Crippen molar-refractivity contribution >= 4 is 23.8 Å². The molecule has 18 heavy (non-hydrogen) atoms. The first kappa shape index (κ1) is 13.5. The normalized spacial score (nSPS) is 35.8. The maximum absolute atomic E-state index is 12.2. The SMILES string of the molecule is CC1CCC(NC(=O)N2C(C)SCC2C(=O)O)C1. The molecule has 2 amide bonds. The molecule has 0 aromatic heterocycles. The molecule has 2 N–H and O–H groups in total. The van der Waals surface area contributed by atoms with Gasteiger partial charge in [0, 0.05) is 11.8 Å². The molecule has 2 rings (SSSR count). The molecule has 1 heterocycles. The lowest BCUT2D eigenvalue weighted by Crippen LogP contribution is -2.51. The predicted molar refractivity (Wildman–Crippen MR) is 70.5 cm³/mol. The number of carboxylic acid groups (broad SMARTS) is 1. The zero-order valence-corrected chi connectivity index (χ0v) is 11.6. The maximum atomic E-state index is 12.2. The van der Waals surface area contributed by atoms with Gasteiger partial charge in [0.2, 0.25) is 0 Å². The van der Waals surface area contributed by atoms with E-state index in [1.807, 2.05) is 6.92 Å². The van der Waals surface area contributed by atoms with Crippen molar-refractivity contribution in [1.29, 1.82) is 0 Å². The van der Waals surface area contributed by atoms with E-state index >= 15 is 0 Å². The van der Waals surface area contributed by atoms with Gasteiger partial charge >= 0.3 is 12.0 Å². The van der Waals surface area contributed by atoms with Crippen molar-refractivity contribution in [3.63, 3.8) is 0 Å². The van der Waals surface area contributed by atoms with Crippen LogP contribution in [0.2, 0.25) is 0 Å². The second-order valence-corrected chi connectivity index (χ2v) is 6.61. The molecular weight excluding hydrogens is 252 g/mol. The number of amides is 2. The highest BCUT2D eigenvalue weighted by Gasteiger charge is 2.40. The minimum atomic E-state index is -0.915. The number of aliphatic carboxylic acids is 1. The highest BCUT2D eigenvalue weighted by Crippen LogP contribution is 2.30. The summed E-state index contributed by atoms with van der Waals surface area (Å²) in [6, 6.07) is -0.706. The predicted octanol–water partition coefficient (Wildman–Crippen LogP) is 1.73. The van der Waals surface area contributed by atoms with Crippen molar-refractivity contribution < 1.29 is 14.7 Å². The average molecular weight is 272 g/mol. The number of hydrogen-bond donors (Lipinski definition) is 2. The number of carbonyl (C=O) groups excluding carboxylic acids is 1. The van der Waals surface area contributed by atoms with Gasteiger partial charge in [0.15, 0.2) is 0 Å². The number of carbonyl (C=O) groups is 2. The lowest BCUT2D eigenvalue weighted by molar-refractivity contribution is -0.141. The van der Waals surface area contributed by atoms with Crippen LogP contribution in [0, 0.1) is 5.92 Å². The number of nitrogens with one attached hydrogen (secondary N) is 1. The van der Waals surface area contributed by atoms with Gasteiger partial charge in [0.05, 0.1) is 5.37 Å². The van der Waals surface area contributed by atoms with E-state index in [9.17, 15) is 9.59 Å². The van der Waals surface area contributed by atoms with Crippen LogP contribution in [-0.4, -0.2) is 45.2 Å². The first-order chi connectivity index (χ1) is 8.49. The first-order valence-electron chi connectivity index (χ1n) is 6.42. The molecule has 0 aromatic rings. The number of hydrogen-bond acceptors (Lipinski definition) is 3. The van der Waals surface area contributed by atoms with E-state index < -0.39 is 12.0 Å². The zero-order valence-electron chi connectivity index (χ0n) is 10.8. The Morgan fingerprint density at radius 1 is 1.33 bits per heavy atom. The van der Waals surface area contributed by atoms with Gasteiger partial charge in [0.1, 0.15) is 6.04 Å².